The van der Waals surface area contributed by atoms with Gasteiger partial charge in [0.15, 0.2) is 0 Å². The lowest BCUT2D eigenvalue weighted by Crippen LogP contribution is -2.61. The van der Waals surface area contributed by atoms with Gasteiger partial charge in [0.1, 0.15) is 6.04 Å². The summed E-state index contributed by atoms with van der Waals surface area (Å²) < 4.78 is 41.8. The maximum absolute atomic E-state index is 13.3. The van der Waals surface area contributed by atoms with Crippen LogP contribution in [0.15, 0.2) is 30.3 Å². The molecule has 0 saturated heterocycles. The third-order valence-electron chi connectivity index (χ3n) is 5.47. The van der Waals surface area contributed by atoms with E-state index in [1.54, 1.807) is 13.2 Å². The summed E-state index contributed by atoms with van der Waals surface area (Å²) in [6.45, 7) is 6.11. The van der Waals surface area contributed by atoms with Gasteiger partial charge in [-0.15, -0.1) is 0 Å². The van der Waals surface area contributed by atoms with Gasteiger partial charge in [0.05, 0.1) is 11.7 Å². The first-order chi connectivity index (χ1) is 17.2. The van der Waals surface area contributed by atoms with Crippen LogP contribution in [-0.4, -0.2) is 72.1 Å². The van der Waals surface area contributed by atoms with Gasteiger partial charge in [-0.3, -0.25) is 10.1 Å². The first-order valence-electron chi connectivity index (χ1n) is 11.8. The number of nitrogens with two attached hydrogens (primary N) is 1. The second-order valence-electron chi connectivity index (χ2n) is 9.27. The fraction of sp³-hybridized carbons (Fsp3) is 0.625. The van der Waals surface area contributed by atoms with Crippen molar-refractivity contribution in [1.82, 2.24) is 16.0 Å². The van der Waals surface area contributed by atoms with Crippen molar-refractivity contribution in [3.05, 3.63) is 35.9 Å². The van der Waals surface area contributed by atoms with E-state index in [1.165, 1.54) is 11.8 Å². The van der Waals surface area contributed by atoms with Crippen LogP contribution in [0.4, 0.5) is 13.2 Å². The van der Waals surface area contributed by atoms with Crippen molar-refractivity contribution in [2.24, 2.45) is 11.7 Å². The number of hydrogen-bond acceptors (Lipinski definition) is 9. The lowest BCUT2D eigenvalue weighted by Gasteiger charge is -2.34. The van der Waals surface area contributed by atoms with Gasteiger partial charge in [0, 0.05) is 18.3 Å². The maximum Gasteiger partial charge on any atom is 0.491 e. The molecule has 4 atom stereocenters. The molecule has 0 aromatic heterocycles. The summed E-state index contributed by atoms with van der Waals surface area (Å²) in [5, 5.41) is 8.99. The summed E-state index contributed by atoms with van der Waals surface area (Å²) in [7, 11) is 0. The van der Waals surface area contributed by atoms with Gasteiger partial charge < -0.3 is 21.1 Å². The van der Waals surface area contributed by atoms with E-state index < -0.39 is 41.8 Å². The van der Waals surface area contributed by atoms with E-state index in [-0.39, 0.29) is 24.8 Å². The molecular formula is C24H37F3N4O4S2. The topological polar surface area (TPSA) is 123 Å². The molecule has 1 amide bonds. The number of hydrogen-bond donors (Lipinski definition) is 5. The highest BCUT2D eigenvalue weighted by atomic mass is 32.2. The van der Waals surface area contributed by atoms with Crippen molar-refractivity contribution in [3.8, 4) is 0 Å². The fourth-order valence-corrected chi connectivity index (χ4v) is 3.84. The van der Waals surface area contributed by atoms with E-state index in [0.29, 0.717) is 18.1 Å². The molecule has 0 heterocycles. The number of carbonyl (C=O) groups excluding carboxylic acids is 3. The molecule has 0 bridgehead atoms. The lowest BCUT2D eigenvalue weighted by molar-refractivity contribution is -0.202. The minimum absolute atomic E-state index is 0.0153. The van der Waals surface area contributed by atoms with E-state index in [1.807, 2.05) is 44.2 Å². The number of ether oxygens (including phenoxy) is 1. The van der Waals surface area contributed by atoms with Gasteiger partial charge in [-0.05, 0) is 43.3 Å². The number of thioether (sulfide) groups is 1. The molecule has 0 radical (unpaired) electrons. The monoisotopic (exact) mass is 566 g/mol. The largest absolute Gasteiger partial charge is 0.491 e. The number of benzene rings is 1. The highest BCUT2D eigenvalue weighted by molar-refractivity contribution is 7.98. The van der Waals surface area contributed by atoms with Crippen molar-refractivity contribution in [3.63, 3.8) is 0 Å². The van der Waals surface area contributed by atoms with E-state index in [2.05, 4.69) is 33.3 Å². The third kappa shape index (κ3) is 12.5. The standard InChI is InChI=1S/C24H37F3N4O4S2/c1-15(2)19(31-23(3,28)14-36)13-29-18(12-16-8-6-5-7-9-16)20(32)30-17(10-11-37-4)21(33)35-22(34)24(25,26)27/h5-9,15,17-19,29,31,36H,10-14,28H2,1-4H3,(H,30,32)/t17-,18-,19+,23+/m0/s1. The minimum Gasteiger partial charge on any atom is -0.385 e. The first kappa shape index (κ1) is 33.2. The molecule has 0 spiro atoms. The van der Waals surface area contributed by atoms with Crippen molar-refractivity contribution in [2.75, 3.05) is 24.3 Å². The first-order valence-corrected chi connectivity index (χ1v) is 13.8. The van der Waals surface area contributed by atoms with Crippen molar-refractivity contribution < 1.29 is 32.3 Å². The number of amides is 1. The predicted octanol–water partition coefficient (Wildman–Crippen LogP) is 2.28. The number of halogens is 3. The number of esters is 2. The van der Waals surface area contributed by atoms with Crippen LogP contribution < -0.4 is 21.7 Å². The van der Waals surface area contributed by atoms with Gasteiger partial charge in [-0.25, -0.2) is 9.59 Å². The van der Waals surface area contributed by atoms with Crippen LogP contribution in [0.5, 0.6) is 0 Å². The molecule has 210 valence electrons. The molecule has 0 aliphatic carbocycles. The number of carbonyl (C=O) groups is 3. The van der Waals surface area contributed by atoms with Gasteiger partial charge >= 0.3 is 18.1 Å². The summed E-state index contributed by atoms with van der Waals surface area (Å²) in [6.07, 6.45) is -3.36. The molecule has 0 aliphatic rings. The van der Waals surface area contributed by atoms with Gasteiger partial charge in [0.2, 0.25) is 5.91 Å². The molecule has 13 heteroatoms. The zero-order valence-electron chi connectivity index (χ0n) is 21.4. The van der Waals surface area contributed by atoms with E-state index in [4.69, 9.17) is 5.73 Å². The Labute approximate surface area is 225 Å². The Balaban J connectivity index is 3.08. The molecule has 0 unspecified atom stereocenters. The summed E-state index contributed by atoms with van der Waals surface area (Å²) >= 11 is 5.59. The fourth-order valence-electron chi connectivity index (χ4n) is 3.28. The predicted molar refractivity (Wildman–Crippen MR) is 142 cm³/mol. The number of nitrogens with one attached hydrogen (secondary N) is 3. The third-order valence-corrected chi connectivity index (χ3v) is 6.77. The van der Waals surface area contributed by atoms with E-state index in [0.717, 1.165) is 5.56 Å². The van der Waals surface area contributed by atoms with Crippen LogP contribution in [0.1, 0.15) is 32.8 Å². The van der Waals surface area contributed by atoms with Crippen LogP contribution in [0, 0.1) is 5.92 Å². The van der Waals surface area contributed by atoms with E-state index >= 15 is 0 Å². The Hall–Kier alpha value is -1.80. The lowest BCUT2D eigenvalue weighted by atomic mass is 10.00. The summed E-state index contributed by atoms with van der Waals surface area (Å²) in [5.41, 5.74) is 6.28. The Bertz CT molecular complexity index is 873. The van der Waals surface area contributed by atoms with Crippen LogP contribution in [-0.2, 0) is 25.5 Å². The molecule has 0 aliphatic heterocycles. The summed E-state index contributed by atoms with van der Waals surface area (Å²) in [6, 6.07) is 6.72. The molecule has 1 aromatic carbocycles. The Kier molecular flexibility index (Phi) is 14.0. The zero-order valence-corrected chi connectivity index (χ0v) is 23.1. The molecule has 37 heavy (non-hydrogen) atoms. The van der Waals surface area contributed by atoms with Gasteiger partial charge in [-0.2, -0.15) is 37.6 Å². The highest BCUT2D eigenvalue weighted by Gasteiger charge is 2.43. The van der Waals surface area contributed by atoms with Crippen LogP contribution >= 0.6 is 24.4 Å². The number of rotatable bonds is 15. The summed E-state index contributed by atoms with van der Waals surface area (Å²) in [5.74, 6) is -3.85. The summed E-state index contributed by atoms with van der Waals surface area (Å²) in [4.78, 5) is 36.8. The van der Waals surface area contributed by atoms with Crippen molar-refractivity contribution in [2.45, 2.75) is 63.6 Å². The number of alkyl halides is 3. The zero-order chi connectivity index (χ0) is 28.2. The molecule has 0 fully saturated rings. The van der Waals surface area contributed by atoms with Gasteiger partial charge in [0.25, 0.3) is 0 Å². The molecule has 8 nitrogen and oxygen atoms in total. The SMILES string of the molecule is CSCC[C@H](NC(=O)[C@H](Cc1ccccc1)NC[C@@H](N[C@@](C)(N)CS)C(C)C)C(=O)OC(=O)C(F)(F)F. The molecule has 1 aromatic rings. The van der Waals surface area contributed by atoms with Crippen molar-refractivity contribution >= 4 is 42.2 Å². The average Bonchev–Trinajstić information content (AvgIpc) is 2.82. The smallest absolute Gasteiger partial charge is 0.385 e. The molecule has 5 N–H and O–H groups in total. The average molecular weight is 567 g/mol. The molecule has 0 saturated carbocycles. The Morgan fingerprint density at radius 1 is 1.14 bits per heavy atom. The normalized spacial score (nSPS) is 15.9. The molecule has 1 rings (SSSR count). The van der Waals surface area contributed by atoms with Crippen LogP contribution in [0.3, 0.4) is 0 Å². The van der Waals surface area contributed by atoms with Crippen LogP contribution in [0.2, 0.25) is 0 Å². The van der Waals surface area contributed by atoms with E-state index in [9.17, 15) is 27.6 Å². The quantitative estimate of drug-likeness (QED) is 0.0949. The Morgan fingerprint density at radius 3 is 2.27 bits per heavy atom. The van der Waals surface area contributed by atoms with Gasteiger partial charge in [-0.1, -0.05) is 44.2 Å². The minimum atomic E-state index is -5.33. The molecular weight excluding hydrogens is 529 g/mol. The second-order valence-corrected chi connectivity index (χ2v) is 10.6. The number of thiol groups is 1. The Morgan fingerprint density at radius 2 is 1.76 bits per heavy atom. The van der Waals surface area contributed by atoms with Crippen molar-refractivity contribution in [1.29, 1.82) is 0 Å². The second kappa shape index (κ2) is 15.6. The van der Waals surface area contributed by atoms with Crippen LogP contribution in [0.25, 0.3) is 0 Å². The highest BCUT2D eigenvalue weighted by Crippen LogP contribution is 2.17. The maximum atomic E-state index is 13.3.